The van der Waals surface area contributed by atoms with Crippen molar-refractivity contribution in [3.05, 3.63) is 28.2 Å². The van der Waals surface area contributed by atoms with E-state index in [0.29, 0.717) is 17.5 Å². The minimum atomic E-state index is -0.959. The number of rotatable bonds is 7. The van der Waals surface area contributed by atoms with Crippen LogP contribution < -0.4 is 14.5 Å². The Bertz CT molecular complexity index is 1190. The molecular weight excluding hydrogens is 524 g/mol. The summed E-state index contributed by atoms with van der Waals surface area (Å²) in [6.45, 7) is 10.5. The lowest BCUT2D eigenvalue weighted by molar-refractivity contribution is -0.124. The van der Waals surface area contributed by atoms with Gasteiger partial charge in [0.05, 0.1) is 18.1 Å². The van der Waals surface area contributed by atoms with Gasteiger partial charge in [-0.2, -0.15) is 4.98 Å². The Hall–Kier alpha value is -2.68. The number of carbonyl (C=O) groups excluding carboxylic acids is 1. The predicted molar refractivity (Wildman–Crippen MR) is 159 cm³/mol. The van der Waals surface area contributed by atoms with Gasteiger partial charge in [0.1, 0.15) is 11.0 Å². The molecule has 0 atom stereocenters. The van der Waals surface area contributed by atoms with Gasteiger partial charge < -0.3 is 19.6 Å². The lowest BCUT2D eigenvalue weighted by Gasteiger charge is -2.39. The van der Waals surface area contributed by atoms with E-state index in [-0.39, 0.29) is 34.3 Å². The van der Waals surface area contributed by atoms with E-state index in [4.69, 9.17) is 9.72 Å². The number of nitrogens with zero attached hydrogens (tertiary/aromatic N) is 4. The van der Waals surface area contributed by atoms with Crippen molar-refractivity contribution in [2.45, 2.75) is 109 Å². The fourth-order valence-electron chi connectivity index (χ4n) is 6.37. The lowest BCUT2D eigenvalue weighted by Crippen LogP contribution is -2.47. The molecule has 0 unspecified atom stereocenters. The van der Waals surface area contributed by atoms with E-state index < -0.39 is 5.97 Å². The SMILES string of the molecule is CC1CCC(C(=O)N(c2cc(C(C)(C)C)sc2C(=O)O)C2CCC(Oc3cncc(N4CCCC4)n3)CC2)CC1. The molecular formula is C31H44N4O4S. The standard InChI is InChI=1S/C31H44N4O4S/c1-20-7-9-21(10-8-20)29(36)35(24-17-25(31(2,3)4)40-28(24)30(37)38)22-11-13-23(14-12-22)39-27-19-32-18-26(33-27)34-15-5-6-16-34/h17-23H,5-16H2,1-4H3,(H,37,38). The number of thiophene rings is 1. The maximum absolute atomic E-state index is 14.2. The van der Waals surface area contributed by atoms with Crippen LogP contribution in [-0.4, -0.2) is 52.2 Å². The van der Waals surface area contributed by atoms with Crippen molar-refractivity contribution in [3.63, 3.8) is 0 Å². The van der Waals surface area contributed by atoms with Crippen molar-refractivity contribution >= 4 is 34.7 Å². The van der Waals surface area contributed by atoms with E-state index in [0.717, 1.165) is 75.2 Å². The zero-order chi connectivity index (χ0) is 28.4. The van der Waals surface area contributed by atoms with Crippen LogP contribution in [-0.2, 0) is 10.2 Å². The third-order valence-electron chi connectivity index (χ3n) is 8.83. The monoisotopic (exact) mass is 568 g/mol. The molecule has 218 valence electrons. The van der Waals surface area contributed by atoms with E-state index in [2.05, 4.69) is 37.6 Å². The first-order valence-corrected chi connectivity index (χ1v) is 15.9. The molecule has 2 saturated carbocycles. The van der Waals surface area contributed by atoms with Gasteiger partial charge in [0.25, 0.3) is 0 Å². The Kier molecular flexibility index (Phi) is 8.69. The highest BCUT2D eigenvalue weighted by atomic mass is 32.1. The Morgan fingerprint density at radius 1 is 1.02 bits per heavy atom. The molecule has 2 aliphatic carbocycles. The van der Waals surface area contributed by atoms with Crippen LogP contribution in [0.5, 0.6) is 5.88 Å². The lowest BCUT2D eigenvalue weighted by atomic mass is 9.81. The predicted octanol–water partition coefficient (Wildman–Crippen LogP) is 6.68. The highest BCUT2D eigenvalue weighted by molar-refractivity contribution is 7.14. The van der Waals surface area contributed by atoms with Crippen LogP contribution in [0.4, 0.5) is 11.5 Å². The summed E-state index contributed by atoms with van der Waals surface area (Å²) in [6.07, 6.45) is 12.8. The molecule has 9 heteroatoms. The van der Waals surface area contributed by atoms with Crippen LogP contribution in [0.3, 0.4) is 0 Å². The van der Waals surface area contributed by atoms with E-state index in [9.17, 15) is 14.7 Å². The number of hydrogen-bond acceptors (Lipinski definition) is 7. The van der Waals surface area contributed by atoms with Gasteiger partial charge in [-0.25, -0.2) is 4.79 Å². The summed E-state index contributed by atoms with van der Waals surface area (Å²) in [5, 5.41) is 10.2. The fourth-order valence-corrected chi connectivity index (χ4v) is 7.41. The Morgan fingerprint density at radius 3 is 2.33 bits per heavy atom. The zero-order valence-electron chi connectivity index (χ0n) is 24.4. The average Bonchev–Trinajstić information content (AvgIpc) is 3.62. The first-order valence-electron chi connectivity index (χ1n) is 15.0. The van der Waals surface area contributed by atoms with Crippen LogP contribution in [0, 0.1) is 11.8 Å². The molecule has 1 saturated heterocycles. The summed E-state index contributed by atoms with van der Waals surface area (Å²) < 4.78 is 6.29. The van der Waals surface area contributed by atoms with Gasteiger partial charge in [-0.3, -0.25) is 9.78 Å². The van der Waals surface area contributed by atoms with E-state index in [1.54, 1.807) is 12.4 Å². The summed E-state index contributed by atoms with van der Waals surface area (Å²) in [6, 6.07) is 1.92. The van der Waals surface area contributed by atoms with Crippen molar-refractivity contribution in [2.75, 3.05) is 22.9 Å². The average molecular weight is 569 g/mol. The number of anilines is 2. The quantitative estimate of drug-likeness (QED) is 0.398. The minimum Gasteiger partial charge on any atom is -0.477 e. The molecule has 1 N–H and O–H groups in total. The molecule has 8 nitrogen and oxygen atoms in total. The molecule has 1 amide bonds. The van der Waals surface area contributed by atoms with Crippen LogP contribution in [0.25, 0.3) is 0 Å². The molecule has 1 aliphatic heterocycles. The van der Waals surface area contributed by atoms with Crippen LogP contribution in [0.2, 0.25) is 0 Å². The molecule has 0 bridgehead atoms. The van der Waals surface area contributed by atoms with Crippen LogP contribution in [0.15, 0.2) is 18.5 Å². The largest absolute Gasteiger partial charge is 0.477 e. The number of hydrogen-bond donors (Lipinski definition) is 1. The molecule has 0 spiro atoms. The summed E-state index contributed by atoms with van der Waals surface area (Å²) in [5.74, 6) is 1.16. The maximum atomic E-state index is 14.2. The number of carboxylic acids is 1. The molecule has 2 aromatic rings. The van der Waals surface area contributed by atoms with Gasteiger partial charge in [-0.15, -0.1) is 11.3 Å². The van der Waals surface area contributed by atoms with E-state index >= 15 is 0 Å². The first kappa shape index (κ1) is 28.8. The molecule has 40 heavy (non-hydrogen) atoms. The highest BCUT2D eigenvalue weighted by Gasteiger charge is 2.38. The van der Waals surface area contributed by atoms with Crippen molar-refractivity contribution in [1.82, 2.24) is 9.97 Å². The number of ether oxygens (including phenoxy) is 1. The van der Waals surface area contributed by atoms with Crippen molar-refractivity contribution in [1.29, 1.82) is 0 Å². The molecule has 3 aliphatic rings. The number of aromatic nitrogens is 2. The molecule has 3 heterocycles. The zero-order valence-corrected chi connectivity index (χ0v) is 25.2. The molecule has 5 rings (SSSR count). The van der Waals surface area contributed by atoms with Gasteiger partial charge in [0, 0.05) is 29.9 Å². The van der Waals surface area contributed by atoms with Gasteiger partial charge in [0.2, 0.25) is 11.8 Å². The number of amides is 1. The normalized spacial score (nSPS) is 25.6. The number of aromatic carboxylic acids is 1. The molecule has 2 aromatic heterocycles. The fraction of sp³-hybridized carbons (Fsp3) is 0.677. The maximum Gasteiger partial charge on any atom is 0.348 e. The van der Waals surface area contributed by atoms with Crippen molar-refractivity contribution < 1.29 is 19.4 Å². The topological polar surface area (TPSA) is 95.9 Å². The van der Waals surface area contributed by atoms with E-state index in [1.165, 1.54) is 24.2 Å². The van der Waals surface area contributed by atoms with E-state index in [1.807, 2.05) is 11.0 Å². The van der Waals surface area contributed by atoms with Gasteiger partial charge in [-0.05, 0) is 81.6 Å². The second-order valence-corrected chi connectivity index (χ2v) is 14.1. The summed E-state index contributed by atoms with van der Waals surface area (Å²) in [7, 11) is 0. The number of carbonyl (C=O) groups is 2. The third kappa shape index (κ3) is 6.45. The second-order valence-electron chi connectivity index (χ2n) is 13.0. The Labute approximate surface area is 242 Å². The van der Waals surface area contributed by atoms with Crippen LogP contribution >= 0.6 is 11.3 Å². The van der Waals surface area contributed by atoms with Gasteiger partial charge >= 0.3 is 5.97 Å². The van der Waals surface area contributed by atoms with Gasteiger partial charge in [0.15, 0.2) is 5.82 Å². The molecule has 0 radical (unpaired) electrons. The number of carboxylic acid groups (broad SMARTS) is 1. The van der Waals surface area contributed by atoms with Gasteiger partial charge in [-0.1, -0.05) is 27.7 Å². The smallest absolute Gasteiger partial charge is 0.348 e. The molecule has 0 aromatic carbocycles. The minimum absolute atomic E-state index is 0.00147. The Balaban J connectivity index is 1.34. The summed E-state index contributed by atoms with van der Waals surface area (Å²) in [5.41, 5.74) is 0.387. The van der Waals surface area contributed by atoms with Crippen molar-refractivity contribution in [2.24, 2.45) is 11.8 Å². The molecule has 3 fully saturated rings. The summed E-state index contributed by atoms with van der Waals surface area (Å²) >= 11 is 1.31. The Morgan fingerprint density at radius 2 is 1.70 bits per heavy atom. The first-order chi connectivity index (χ1) is 19.1. The van der Waals surface area contributed by atoms with Crippen LogP contribution in [0.1, 0.15) is 106 Å². The highest BCUT2D eigenvalue weighted by Crippen LogP contribution is 2.42. The second kappa shape index (κ2) is 12.0. The van der Waals surface area contributed by atoms with Crippen molar-refractivity contribution in [3.8, 4) is 5.88 Å². The third-order valence-corrected chi connectivity index (χ3v) is 10.4. The summed E-state index contributed by atoms with van der Waals surface area (Å²) in [4.78, 5) is 41.0.